The van der Waals surface area contributed by atoms with E-state index in [1.807, 2.05) is 13.8 Å². The van der Waals surface area contributed by atoms with Crippen LogP contribution in [0.4, 0.5) is 0 Å². The van der Waals surface area contributed by atoms with Crippen molar-refractivity contribution in [3.63, 3.8) is 0 Å². The van der Waals surface area contributed by atoms with Crippen molar-refractivity contribution in [3.05, 3.63) is 0 Å². The minimum atomic E-state index is -0.543. The number of likely N-dealkylation sites (N-methyl/N-ethyl adjacent to an activating group) is 1. The van der Waals surface area contributed by atoms with E-state index in [9.17, 15) is 5.11 Å². The van der Waals surface area contributed by atoms with Gasteiger partial charge in [0.1, 0.15) is 0 Å². The minimum absolute atomic E-state index is 0.543. The fraction of sp³-hybridized carbons (Fsp3) is 1.00. The molecule has 0 aromatic rings. The van der Waals surface area contributed by atoms with Crippen molar-refractivity contribution in [3.8, 4) is 0 Å². The van der Waals surface area contributed by atoms with Gasteiger partial charge in [-0.2, -0.15) is 0 Å². The van der Waals surface area contributed by atoms with Crippen LogP contribution < -0.4 is 0 Å². The Hall–Kier alpha value is -0.0800. The van der Waals surface area contributed by atoms with E-state index in [0.29, 0.717) is 0 Å². The third-order valence-electron chi connectivity index (χ3n) is 2.84. The molecule has 0 radical (unpaired) electrons. The monoisotopic (exact) mass is 185 g/mol. The summed E-state index contributed by atoms with van der Waals surface area (Å²) in [5, 5.41) is 9.74. The molecule has 13 heavy (non-hydrogen) atoms. The van der Waals surface area contributed by atoms with Crippen molar-refractivity contribution in [2.45, 2.75) is 58.1 Å². The van der Waals surface area contributed by atoms with Gasteiger partial charge >= 0.3 is 0 Å². The molecule has 0 atom stereocenters. The molecule has 0 heterocycles. The van der Waals surface area contributed by atoms with Crippen LogP contribution in [0.5, 0.6) is 0 Å². The topological polar surface area (TPSA) is 23.5 Å². The van der Waals surface area contributed by atoms with Gasteiger partial charge in [-0.25, -0.2) is 0 Å². The minimum Gasteiger partial charge on any atom is -0.389 e. The van der Waals surface area contributed by atoms with Gasteiger partial charge in [-0.3, -0.25) is 4.90 Å². The molecule has 1 rings (SSSR count). The molecular weight excluding hydrogens is 162 g/mol. The van der Waals surface area contributed by atoms with E-state index in [1.54, 1.807) is 0 Å². The van der Waals surface area contributed by atoms with Crippen LogP contribution in [0.25, 0.3) is 0 Å². The average Bonchev–Trinajstić information content (AvgIpc) is 2.50. The van der Waals surface area contributed by atoms with Gasteiger partial charge in [0, 0.05) is 12.6 Å². The van der Waals surface area contributed by atoms with Crippen molar-refractivity contribution in [2.24, 2.45) is 0 Å². The van der Waals surface area contributed by atoms with Gasteiger partial charge in [-0.1, -0.05) is 19.8 Å². The molecule has 2 nitrogen and oxygen atoms in total. The Kier molecular flexibility index (Phi) is 3.74. The third kappa shape index (κ3) is 3.65. The van der Waals surface area contributed by atoms with Crippen molar-refractivity contribution >= 4 is 0 Å². The van der Waals surface area contributed by atoms with E-state index in [-0.39, 0.29) is 0 Å². The van der Waals surface area contributed by atoms with E-state index < -0.39 is 5.60 Å². The smallest absolute Gasteiger partial charge is 0.0718 e. The van der Waals surface area contributed by atoms with Crippen LogP contribution in [-0.4, -0.2) is 34.7 Å². The molecule has 1 N–H and O–H groups in total. The molecule has 0 spiro atoms. The number of hydrogen-bond donors (Lipinski definition) is 1. The molecular formula is C11H23NO. The highest BCUT2D eigenvalue weighted by atomic mass is 16.3. The summed E-state index contributed by atoms with van der Waals surface area (Å²) in [6, 6.07) is 0.733. The Balaban J connectivity index is 2.42. The van der Waals surface area contributed by atoms with Gasteiger partial charge in [0.2, 0.25) is 0 Å². The summed E-state index contributed by atoms with van der Waals surface area (Å²) in [4.78, 5) is 2.42. The Bertz CT molecular complexity index is 145. The maximum absolute atomic E-state index is 9.74. The highest BCUT2D eigenvalue weighted by Gasteiger charge is 2.25. The van der Waals surface area contributed by atoms with Gasteiger partial charge < -0.3 is 5.11 Å². The van der Waals surface area contributed by atoms with Crippen LogP contribution in [0, 0.1) is 0 Å². The summed E-state index contributed by atoms with van der Waals surface area (Å²) in [5.74, 6) is 0. The SMILES string of the molecule is CCN(CC(C)(C)O)C1CCCC1. The molecule has 0 bridgehead atoms. The van der Waals surface area contributed by atoms with Crippen LogP contribution in [-0.2, 0) is 0 Å². The summed E-state index contributed by atoms with van der Waals surface area (Å²) in [6.07, 6.45) is 5.38. The Labute approximate surface area is 81.9 Å². The second kappa shape index (κ2) is 4.43. The van der Waals surface area contributed by atoms with E-state index in [0.717, 1.165) is 19.1 Å². The maximum Gasteiger partial charge on any atom is 0.0718 e. The van der Waals surface area contributed by atoms with Crippen LogP contribution in [0.15, 0.2) is 0 Å². The zero-order valence-corrected chi connectivity index (χ0v) is 9.21. The van der Waals surface area contributed by atoms with E-state index in [2.05, 4.69) is 11.8 Å². The fourth-order valence-corrected chi connectivity index (χ4v) is 2.27. The van der Waals surface area contributed by atoms with Crippen LogP contribution >= 0.6 is 0 Å². The number of hydrogen-bond acceptors (Lipinski definition) is 2. The third-order valence-corrected chi connectivity index (χ3v) is 2.84. The fourth-order valence-electron chi connectivity index (χ4n) is 2.27. The number of nitrogens with zero attached hydrogens (tertiary/aromatic N) is 1. The highest BCUT2D eigenvalue weighted by Crippen LogP contribution is 2.24. The van der Waals surface area contributed by atoms with Gasteiger partial charge in [-0.15, -0.1) is 0 Å². The standard InChI is InChI=1S/C11H23NO/c1-4-12(9-11(2,3)13)10-7-5-6-8-10/h10,13H,4-9H2,1-3H3. The molecule has 0 aromatic heterocycles. The predicted molar refractivity (Wildman–Crippen MR) is 55.8 cm³/mol. The highest BCUT2D eigenvalue weighted by molar-refractivity contribution is 4.81. The Morgan fingerprint density at radius 2 is 1.85 bits per heavy atom. The predicted octanol–water partition coefficient (Wildman–Crippen LogP) is 2.02. The first kappa shape index (κ1) is 11.0. The lowest BCUT2D eigenvalue weighted by Crippen LogP contribution is -2.43. The Morgan fingerprint density at radius 1 is 1.31 bits per heavy atom. The number of rotatable bonds is 4. The van der Waals surface area contributed by atoms with Gasteiger partial charge in [0.05, 0.1) is 5.60 Å². The summed E-state index contributed by atoms with van der Waals surface area (Å²) >= 11 is 0. The lowest BCUT2D eigenvalue weighted by atomic mass is 10.1. The molecule has 1 saturated carbocycles. The summed E-state index contributed by atoms with van der Waals surface area (Å²) < 4.78 is 0. The molecule has 0 saturated heterocycles. The molecule has 78 valence electrons. The van der Waals surface area contributed by atoms with Crippen LogP contribution in [0.3, 0.4) is 0 Å². The summed E-state index contributed by atoms with van der Waals surface area (Å²) in [6.45, 7) is 7.85. The first-order chi connectivity index (χ1) is 6.03. The van der Waals surface area contributed by atoms with Crippen LogP contribution in [0.2, 0.25) is 0 Å². The zero-order valence-electron chi connectivity index (χ0n) is 9.21. The number of aliphatic hydroxyl groups is 1. The van der Waals surface area contributed by atoms with Crippen molar-refractivity contribution in [2.75, 3.05) is 13.1 Å². The molecule has 0 aromatic carbocycles. The first-order valence-electron chi connectivity index (χ1n) is 5.49. The summed E-state index contributed by atoms with van der Waals surface area (Å²) in [7, 11) is 0. The van der Waals surface area contributed by atoms with Gasteiger partial charge in [-0.05, 0) is 33.2 Å². The van der Waals surface area contributed by atoms with E-state index in [4.69, 9.17) is 0 Å². The first-order valence-corrected chi connectivity index (χ1v) is 5.49. The second-order valence-electron chi connectivity index (χ2n) is 4.81. The quantitative estimate of drug-likeness (QED) is 0.724. The van der Waals surface area contributed by atoms with E-state index >= 15 is 0 Å². The molecule has 2 heteroatoms. The average molecular weight is 185 g/mol. The van der Waals surface area contributed by atoms with Crippen molar-refractivity contribution in [1.29, 1.82) is 0 Å². The van der Waals surface area contributed by atoms with Crippen molar-refractivity contribution < 1.29 is 5.11 Å². The van der Waals surface area contributed by atoms with Gasteiger partial charge in [0.25, 0.3) is 0 Å². The molecule has 0 aliphatic heterocycles. The Morgan fingerprint density at radius 3 is 2.23 bits per heavy atom. The summed E-state index contributed by atoms with van der Waals surface area (Å²) in [5.41, 5.74) is -0.543. The lowest BCUT2D eigenvalue weighted by Gasteiger charge is -2.32. The normalized spacial score (nSPS) is 20.1. The van der Waals surface area contributed by atoms with E-state index in [1.165, 1.54) is 25.7 Å². The maximum atomic E-state index is 9.74. The molecule has 0 amide bonds. The van der Waals surface area contributed by atoms with Gasteiger partial charge in [0.15, 0.2) is 0 Å². The largest absolute Gasteiger partial charge is 0.389 e. The molecule has 1 fully saturated rings. The molecule has 1 aliphatic rings. The molecule has 1 aliphatic carbocycles. The molecule has 0 unspecified atom stereocenters. The zero-order chi connectivity index (χ0) is 9.90. The van der Waals surface area contributed by atoms with Crippen LogP contribution in [0.1, 0.15) is 46.5 Å². The lowest BCUT2D eigenvalue weighted by molar-refractivity contribution is 0.0235. The second-order valence-corrected chi connectivity index (χ2v) is 4.81. The van der Waals surface area contributed by atoms with Crippen molar-refractivity contribution in [1.82, 2.24) is 4.90 Å².